The van der Waals surface area contributed by atoms with E-state index in [0.717, 1.165) is 36.2 Å². The van der Waals surface area contributed by atoms with E-state index in [1.807, 2.05) is 6.07 Å². The number of phenolic OH excluding ortho intramolecular Hbond substituents is 1. The van der Waals surface area contributed by atoms with Gasteiger partial charge in [-0.3, -0.25) is 4.90 Å². The first-order valence-electron chi connectivity index (χ1n) is 6.14. The highest BCUT2D eigenvalue weighted by Gasteiger charge is 2.22. The van der Waals surface area contributed by atoms with Crippen molar-refractivity contribution < 1.29 is 9.84 Å². The second-order valence-corrected chi connectivity index (χ2v) is 5.42. The van der Waals surface area contributed by atoms with Gasteiger partial charge in [0, 0.05) is 42.3 Å². The van der Waals surface area contributed by atoms with Crippen molar-refractivity contribution in [3.8, 4) is 11.5 Å². The lowest BCUT2D eigenvalue weighted by Gasteiger charge is -2.33. The summed E-state index contributed by atoms with van der Waals surface area (Å²) in [6, 6.07) is 3.92. The number of hydrogen-bond acceptors (Lipinski definition) is 4. The molecule has 4 nitrogen and oxygen atoms in total. The van der Waals surface area contributed by atoms with E-state index in [0.29, 0.717) is 5.75 Å². The van der Waals surface area contributed by atoms with Gasteiger partial charge in [0.15, 0.2) is 11.5 Å². The first kappa shape index (κ1) is 13.6. The van der Waals surface area contributed by atoms with Gasteiger partial charge in [-0.25, -0.2) is 0 Å². The van der Waals surface area contributed by atoms with Crippen molar-refractivity contribution in [1.29, 1.82) is 0 Å². The van der Waals surface area contributed by atoms with Crippen molar-refractivity contribution in [2.45, 2.75) is 13.0 Å². The average molecular weight is 315 g/mol. The minimum Gasteiger partial charge on any atom is -0.504 e. The maximum absolute atomic E-state index is 10.2. The smallest absolute Gasteiger partial charge is 0.162 e. The molecule has 2 N–H and O–H groups in total. The van der Waals surface area contributed by atoms with Crippen molar-refractivity contribution in [2.75, 3.05) is 33.3 Å². The topological polar surface area (TPSA) is 44.7 Å². The molecular weight excluding hydrogens is 296 g/mol. The second-order valence-electron chi connectivity index (χ2n) is 4.51. The fourth-order valence-electron chi connectivity index (χ4n) is 2.33. The van der Waals surface area contributed by atoms with Crippen LogP contribution in [0.2, 0.25) is 0 Å². The van der Waals surface area contributed by atoms with Crippen molar-refractivity contribution in [1.82, 2.24) is 10.2 Å². The number of phenols is 1. The molecule has 1 saturated heterocycles. The van der Waals surface area contributed by atoms with Gasteiger partial charge in [-0.2, -0.15) is 0 Å². The molecule has 0 radical (unpaired) electrons. The number of nitrogens with zero attached hydrogens (tertiary/aromatic N) is 1. The molecule has 1 aromatic carbocycles. The number of hydrogen-bond donors (Lipinski definition) is 2. The highest BCUT2D eigenvalue weighted by Crippen LogP contribution is 2.38. The molecule has 1 aromatic rings. The SMILES string of the molecule is COc1cc(Br)cc([C@H](C)N2CCNCC2)c1O. The van der Waals surface area contributed by atoms with Crippen LogP contribution in [0.25, 0.3) is 0 Å². The van der Waals surface area contributed by atoms with E-state index in [2.05, 4.69) is 33.1 Å². The van der Waals surface area contributed by atoms with Crippen LogP contribution in [0.4, 0.5) is 0 Å². The summed E-state index contributed by atoms with van der Waals surface area (Å²) in [6.07, 6.45) is 0. The van der Waals surface area contributed by atoms with Gasteiger partial charge in [0.25, 0.3) is 0 Å². The third kappa shape index (κ3) is 2.79. The number of halogens is 1. The van der Waals surface area contributed by atoms with Gasteiger partial charge in [0.1, 0.15) is 0 Å². The molecule has 0 saturated carbocycles. The Balaban J connectivity index is 2.28. The molecular formula is C13H19BrN2O2. The molecule has 18 heavy (non-hydrogen) atoms. The molecule has 0 unspecified atom stereocenters. The van der Waals surface area contributed by atoms with Crippen LogP contribution in [0.15, 0.2) is 16.6 Å². The van der Waals surface area contributed by atoms with Crippen LogP contribution < -0.4 is 10.1 Å². The maximum atomic E-state index is 10.2. The summed E-state index contributed by atoms with van der Waals surface area (Å²) in [6.45, 7) is 6.10. The van der Waals surface area contributed by atoms with Gasteiger partial charge in [-0.05, 0) is 19.1 Å². The Morgan fingerprint density at radius 1 is 1.39 bits per heavy atom. The average Bonchev–Trinajstić information content (AvgIpc) is 2.41. The maximum Gasteiger partial charge on any atom is 0.162 e. The van der Waals surface area contributed by atoms with Crippen LogP contribution in [0, 0.1) is 0 Å². The first-order valence-corrected chi connectivity index (χ1v) is 6.94. The highest BCUT2D eigenvalue weighted by molar-refractivity contribution is 9.10. The van der Waals surface area contributed by atoms with Gasteiger partial charge in [-0.1, -0.05) is 15.9 Å². The second kappa shape index (κ2) is 5.91. The van der Waals surface area contributed by atoms with Gasteiger partial charge in [-0.15, -0.1) is 0 Å². The lowest BCUT2D eigenvalue weighted by atomic mass is 10.0. The minimum absolute atomic E-state index is 0.179. The molecule has 1 fully saturated rings. The summed E-state index contributed by atoms with van der Waals surface area (Å²) in [5.41, 5.74) is 0.906. The van der Waals surface area contributed by atoms with Gasteiger partial charge >= 0.3 is 0 Å². The number of methoxy groups -OCH3 is 1. The Morgan fingerprint density at radius 3 is 2.67 bits per heavy atom. The van der Waals surface area contributed by atoms with E-state index in [1.54, 1.807) is 13.2 Å². The first-order chi connectivity index (χ1) is 8.63. The quantitative estimate of drug-likeness (QED) is 0.897. The summed E-state index contributed by atoms with van der Waals surface area (Å²) in [5, 5.41) is 13.6. The van der Waals surface area contributed by atoms with E-state index >= 15 is 0 Å². The highest BCUT2D eigenvalue weighted by atomic mass is 79.9. The minimum atomic E-state index is 0.179. The zero-order valence-electron chi connectivity index (χ0n) is 10.7. The molecule has 1 atom stereocenters. The fourth-order valence-corrected chi connectivity index (χ4v) is 2.79. The van der Waals surface area contributed by atoms with Crippen molar-refractivity contribution in [2.24, 2.45) is 0 Å². The largest absolute Gasteiger partial charge is 0.504 e. The number of aromatic hydroxyl groups is 1. The van der Waals surface area contributed by atoms with Crippen LogP contribution in [0.5, 0.6) is 11.5 Å². The van der Waals surface area contributed by atoms with E-state index in [-0.39, 0.29) is 11.8 Å². The van der Waals surface area contributed by atoms with E-state index in [1.165, 1.54) is 0 Å². The predicted molar refractivity (Wildman–Crippen MR) is 75.2 cm³/mol. The van der Waals surface area contributed by atoms with Crippen LogP contribution >= 0.6 is 15.9 Å². The Kier molecular flexibility index (Phi) is 4.48. The van der Waals surface area contributed by atoms with Gasteiger partial charge in [0.2, 0.25) is 0 Å². The molecule has 0 aromatic heterocycles. The molecule has 1 aliphatic heterocycles. The number of ether oxygens (including phenoxy) is 1. The zero-order valence-corrected chi connectivity index (χ0v) is 12.3. The summed E-state index contributed by atoms with van der Waals surface area (Å²) >= 11 is 3.46. The monoisotopic (exact) mass is 314 g/mol. The number of nitrogens with one attached hydrogen (secondary N) is 1. The Bertz CT molecular complexity index is 420. The van der Waals surface area contributed by atoms with Crippen LogP contribution in [-0.4, -0.2) is 43.3 Å². The van der Waals surface area contributed by atoms with Crippen LogP contribution in [0.1, 0.15) is 18.5 Å². The van der Waals surface area contributed by atoms with E-state index in [4.69, 9.17) is 4.74 Å². The number of piperazine rings is 1. The lowest BCUT2D eigenvalue weighted by molar-refractivity contribution is 0.182. The molecule has 0 spiro atoms. The predicted octanol–water partition coefficient (Wildman–Crippen LogP) is 2.13. The normalized spacial score (nSPS) is 18.6. The van der Waals surface area contributed by atoms with Crippen LogP contribution in [-0.2, 0) is 0 Å². The molecule has 5 heteroatoms. The Labute approximate surface area is 116 Å². The zero-order chi connectivity index (χ0) is 13.1. The molecule has 0 aliphatic carbocycles. The van der Waals surface area contributed by atoms with Crippen LogP contribution in [0.3, 0.4) is 0 Å². The lowest BCUT2D eigenvalue weighted by Crippen LogP contribution is -2.44. The molecule has 2 rings (SSSR count). The molecule has 1 aliphatic rings. The van der Waals surface area contributed by atoms with Gasteiger partial charge in [0.05, 0.1) is 7.11 Å². The summed E-state index contributed by atoms with van der Waals surface area (Å²) < 4.78 is 6.12. The Hall–Kier alpha value is -0.780. The summed E-state index contributed by atoms with van der Waals surface area (Å²) in [5.74, 6) is 0.757. The number of rotatable bonds is 3. The van der Waals surface area contributed by atoms with E-state index in [9.17, 15) is 5.11 Å². The Morgan fingerprint density at radius 2 is 2.06 bits per heavy atom. The van der Waals surface area contributed by atoms with Crippen molar-refractivity contribution in [3.63, 3.8) is 0 Å². The number of benzene rings is 1. The van der Waals surface area contributed by atoms with Crippen molar-refractivity contribution >= 4 is 15.9 Å². The molecule has 100 valence electrons. The summed E-state index contributed by atoms with van der Waals surface area (Å²) in [4.78, 5) is 2.36. The fraction of sp³-hybridized carbons (Fsp3) is 0.538. The van der Waals surface area contributed by atoms with Crippen molar-refractivity contribution in [3.05, 3.63) is 22.2 Å². The summed E-state index contributed by atoms with van der Waals surface area (Å²) in [7, 11) is 1.57. The molecule has 0 amide bonds. The third-order valence-corrected chi connectivity index (χ3v) is 3.90. The third-order valence-electron chi connectivity index (χ3n) is 3.44. The molecule has 0 bridgehead atoms. The standard InChI is InChI=1S/C13H19BrN2O2/c1-9(16-5-3-15-4-6-16)11-7-10(14)8-12(18-2)13(11)17/h7-9,15,17H,3-6H2,1-2H3/t9-/m0/s1. The van der Waals surface area contributed by atoms with Gasteiger partial charge < -0.3 is 15.2 Å². The van der Waals surface area contributed by atoms with E-state index < -0.39 is 0 Å². The molecule has 1 heterocycles.